The zero-order chi connectivity index (χ0) is 11.5. The topological polar surface area (TPSA) is 46.2 Å². The molecule has 16 heavy (non-hydrogen) atoms. The van der Waals surface area contributed by atoms with Gasteiger partial charge in [0.25, 0.3) is 0 Å². The second kappa shape index (κ2) is 4.49. The number of nitrogens with two attached hydrogens (primary N) is 1. The average molecular weight is 231 g/mol. The van der Waals surface area contributed by atoms with Crippen LogP contribution in [0, 0.1) is 0 Å². The predicted molar refractivity (Wildman–Crippen MR) is 69.7 cm³/mol. The second-order valence-corrected chi connectivity index (χ2v) is 4.32. The number of thioether (sulfide) groups is 1. The molecule has 0 spiro atoms. The molecule has 2 aromatic rings. The van der Waals surface area contributed by atoms with Gasteiger partial charge < -0.3 is 10.8 Å². The normalized spacial score (nSPS) is 10.3. The van der Waals surface area contributed by atoms with E-state index in [9.17, 15) is 5.11 Å². The molecule has 3 heteroatoms. The van der Waals surface area contributed by atoms with Gasteiger partial charge in [0.1, 0.15) is 5.75 Å². The minimum absolute atomic E-state index is 0.130. The van der Waals surface area contributed by atoms with Crippen molar-refractivity contribution in [2.24, 2.45) is 0 Å². The molecule has 0 radical (unpaired) electrons. The van der Waals surface area contributed by atoms with Crippen molar-refractivity contribution < 1.29 is 5.11 Å². The van der Waals surface area contributed by atoms with Gasteiger partial charge in [-0.15, -0.1) is 11.8 Å². The molecule has 0 aliphatic carbocycles. The van der Waals surface area contributed by atoms with Crippen molar-refractivity contribution in [3.8, 4) is 16.9 Å². The summed E-state index contributed by atoms with van der Waals surface area (Å²) in [5.41, 5.74) is 8.27. The third kappa shape index (κ3) is 1.99. The SMILES string of the molecule is CSc1ccccc1-c1ccc(O)c(N)c1. The summed E-state index contributed by atoms with van der Waals surface area (Å²) in [5, 5.41) is 9.39. The Balaban J connectivity index is 2.54. The van der Waals surface area contributed by atoms with Crippen LogP contribution in [-0.4, -0.2) is 11.4 Å². The van der Waals surface area contributed by atoms with Gasteiger partial charge in [-0.1, -0.05) is 24.3 Å². The maximum absolute atomic E-state index is 9.39. The number of rotatable bonds is 2. The lowest BCUT2D eigenvalue weighted by Gasteiger charge is -2.08. The number of nitrogen functional groups attached to an aromatic ring is 1. The predicted octanol–water partition coefficient (Wildman–Crippen LogP) is 3.36. The van der Waals surface area contributed by atoms with Gasteiger partial charge in [0.2, 0.25) is 0 Å². The highest BCUT2D eigenvalue weighted by Crippen LogP contribution is 2.33. The average Bonchev–Trinajstić information content (AvgIpc) is 2.32. The highest BCUT2D eigenvalue weighted by Gasteiger charge is 2.05. The Labute approximate surface area is 99.1 Å². The van der Waals surface area contributed by atoms with Gasteiger partial charge >= 0.3 is 0 Å². The number of hydrogen-bond acceptors (Lipinski definition) is 3. The highest BCUT2D eigenvalue weighted by atomic mass is 32.2. The van der Waals surface area contributed by atoms with Gasteiger partial charge in [-0.05, 0) is 35.6 Å². The quantitative estimate of drug-likeness (QED) is 0.473. The maximum atomic E-state index is 9.39. The summed E-state index contributed by atoms with van der Waals surface area (Å²) in [6.07, 6.45) is 2.04. The van der Waals surface area contributed by atoms with Gasteiger partial charge in [-0.25, -0.2) is 0 Å². The molecule has 0 heterocycles. The van der Waals surface area contributed by atoms with E-state index in [4.69, 9.17) is 5.73 Å². The third-order valence-corrected chi connectivity index (χ3v) is 3.24. The van der Waals surface area contributed by atoms with Gasteiger partial charge in [-0.2, -0.15) is 0 Å². The molecule has 2 nitrogen and oxygen atoms in total. The van der Waals surface area contributed by atoms with Crippen LogP contribution in [0.5, 0.6) is 5.75 Å². The van der Waals surface area contributed by atoms with Crippen molar-refractivity contribution in [2.75, 3.05) is 12.0 Å². The van der Waals surface area contributed by atoms with Crippen molar-refractivity contribution in [3.63, 3.8) is 0 Å². The van der Waals surface area contributed by atoms with Crippen molar-refractivity contribution in [2.45, 2.75) is 4.90 Å². The van der Waals surface area contributed by atoms with Crippen molar-refractivity contribution >= 4 is 17.4 Å². The fourth-order valence-electron chi connectivity index (χ4n) is 1.61. The first-order chi connectivity index (χ1) is 7.72. The highest BCUT2D eigenvalue weighted by molar-refractivity contribution is 7.98. The van der Waals surface area contributed by atoms with E-state index in [1.807, 2.05) is 24.5 Å². The number of anilines is 1. The molecule has 0 aliphatic rings. The van der Waals surface area contributed by atoms with E-state index < -0.39 is 0 Å². The van der Waals surface area contributed by atoms with Crippen LogP contribution in [0.2, 0.25) is 0 Å². The first kappa shape index (κ1) is 10.9. The number of hydrogen-bond donors (Lipinski definition) is 2. The molecule has 0 saturated carbocycles. The minimum atomic E-state index is 0.130. The number of phenols is 1. The fraction of sp³-hybridized carbons (Fsp3) is 0.0769. The summed E-state index contributed by atoms with van der Waals surface area (Å²) in [6, 6.07) is 13.4. The lowest BCUT2D eigenvalue weighted by molar-refractivity contribution is 0.478. The minimum Gasteiger partial charge on any atom is -0.506 e. The van der Waals surface area contributed by atoms with Crippen molar-refractivity contribution in [1.29, 1.82) is 0 Å². The van der Waals surface area contributed by atoms with Crippen LogP contribution >= 0.6 is 11.8 Å². The molecule has 0 atom stereocenters. The first-order valence-electron chi connectivity index (χ1n) is 4.94. The number of aromatic hydroxyl groups is 1. The monoisotopic (exact) mass is 231 g/mol. The van der Waals surface area contributed by atoms with Crippen LogP contribution in [0.1, 0.15) is 0 Å². The Morgan fingerprint density at radius 3 is 2.56 bits per heavy atom. The zero-order valence-electron chi connectivity index (χ0n) is 8.97. The van der Waals surface area contributed by atoms with Crippen LogP contribution in [0.4, 0.5) is 5.69 Å². The van der Waals surface area contributed by atoms with Gasteiger partial charge in [-0.3, -0.25) is 0 Å². The summed E-state index contributed by atoms with van der Waals surface area (Å²) in [4.78, 5) is 1.20. The molecule has 0 bridgehead atoms. The number of phenolic OH excluding ortho intramolecular Hbond substituents is 1. The van der Waals surface area contributed by atoms with Crippen LogP contribution in [0.25, 0.3) is 11.1 Å². The molecule has 82 valence electrons. The summed E-state index contributed by atoms with van der Waals surface area (Å²) in [6.45, 7) is 0. The summed E-state index contributed by atoms with van der Waals surface area (Å²) in [5.74, 6) is 0.130. The second-order valence-electron chi connectivity index (χ2n) is 3.47. The zero-order valence-corrected chi connectivity index (χ0v) is 9.79. The van der Waals surface area contributed by atoms with Gasteiger partial charge in [0, 0.05) is 4.90 Å². The Kier molecular flexibility index (Phi) is 3.06. The van der Waals surface area contributed by atoms with Crippen molar-refractivity contribution in [3.05, 3.63) is 42.5 Å². The van der Waals surface area contributed by atoms with E-state index >= 15 is 0 Å². The van der Waals surface area contributed by atoms with Crippen LogP contribution in [-0.2, 0) is 0 Å². The Bertz CT molecular complexity index is 511. The maximum Gasteiger partial charge on any atom is 0.138 e. The van der Waals surface area contributed by atoms with Gasteiger partial charge in [0.15, 0.2) is 0 Å². The summed E-state index contributed by atoms with van der Waals surface area (Å²) >= 11 is 1.70. The van der Waals surface area contributed by atoms with Crippen LogP contribution in [0.15, 0.2) is 47.4 Å². The molecule has 0 amide bonds. The molecule has 0 unspecified atom stereocenters. The molecular weight excluding hydrogens is 218 g/mol. The Morgan fingerprint density at radius 1 is 1.12 bits per heavy atom. The third-order valence-electron chi connectivity index (χ3n) is 2.45. The van der Waals surface area contributed by atoms with E-state index in [0.29, 0.717) is 5.69 Å². The standard InChI is InChI=1S/C13H13NOS/c1-16-13-5-3-2-4-10(13)9-6-7-12(15)11(14)8-9/h2-8,15H,14H2,1H3. The first-order valence-corrected chi connectivity index (χ1v) is 6.16. The molecular formula is C13H13NOS. The smallest absolute Gasteiger partial charge is 0.138 e. The Morgan fingerprint density at radius 2 is 1.88 bits per heavy atom. The summed E-state index contributed by atoms with van der Waals surface area (Å²) < 4.78 is 0. The van der Waals surface area contributed by atoms with E-state index in [-0.39, 0.29) is 5.75 Å². The van der Waals surface area contributed by atoms with E-state index in [1.165, 1.54) is 4.90 Å². The lowest BCUT2D eigenvalue weighted by atomic mass is 10.0. The lowest BCUT2D eigenvalue weighted by Crippen LogP contribution is -1.87. The molecule has 0 aliphatic heterocycles. The van der Waals surface area contributed by atoms with Gasteiger partial charge in [0.05, 0.1) is 5.69 Å². The molecule has 0 saturated heterocycles. The van der Waals surface area contributed by atoms with Crippen molar-refractivity contribution in [1.82, 2.24) is 0 Å². The Hall–Kier alpha value is -1.61. The van der Waals surface area contributed by atoms with Crippen LogP contribution < -0.4 is 5.73 Å². The summed E-state index contributed by atoms with van der Waals surface area (Å²) in [7, 11) is 0. The largest absolute Gasteiger partial charge is 0.506 e. The van der Waals surface area contributed by atoms with E-state index in [0.717, 1.165) is 11.1 Å². The molecule has 0 fully saturated rings. The fourth-order valence-corrected chi connectivity index (χ4v) is 2.23. The van der Waals surface area contributed by atoms with E-state index in [1.54, 1.807) is 23.9 Å². The molecule has 3 N–H and O–H groups in total. The van der Waals surface area contributed by atoms with Crippen LogP contribution in [0.3, 0.4) is 0 Å². The van der Waals surface area contributed by atoms with E-state index in [2.05, 4.69) is 12.1 Å². The number of benzene rings is 2. The molecule has 0 aromatic heterocycles. The molecule has 2 aromatic carbocycles. The molecule has 2 rings (SSSR count).